The molecule has 0 aromatic carbocycles. The molecule has 4 bridgehead atoms. The minimum atomic E-state index is -0.120. The van der Waals surface area contributed by atoms with Gasteiger partial charge in [0.2, 0.25) is 0 Å². The molecule has 0 unspecified atom stereocenters. The first-order chi connectivity index (χ1) is 11.6. The van der Waals surface area contributed by atoms with Crippen LogP contribution < -0.4 is 5.32 Å². The van der Waals surface area contributed by atoms with Crippen molar-refractivity contribution in [2.45, 2.75) is 38.5 Å². The summed E-state index contributed by atoms with van der Waals surface area (Å²) in [6, 6.07) is 1.65. The standard InChI is InChI=1S/C20H22ClN2O/c1-2-3-16-7-17(18(21)11-22-16)19(24)23-12-20-8-13-4-14(9-20)6-15(5-13)10-20/h7,11,13-15H,1,4-6,8-10,12H2,(H,23,24). The Bertz CT molecular complexity index is 696. The van der Waals surface area contributed by atoms with Gasteiger partial charge in [0.15, 0.2) is 0 Å². The molecule has 4 heteroatoms. The van der Waals surface area contributed by atoms with Crippen molar-refractivity contribution >= 4 is 17.5 Å². The Labute approximate surface area is 148 Å². The molecule has 0 saturated heterocycles. The normalized spacial score (nSPS) is 33.0. The maximum absolute atomic E-state index is 12.6. The summed E-state index contributed by atoms with van der Waals surface area (Å²) in [6.45, 7) is 4.25. The smallest absolute Gasteiger partial charge is 0.252 e. The molecule has 1 amide bonds. The van der Waals surface area contributed by atoms with Crippen LogP contribution in [0.25, 0.3) is 0 Å². The van der Waals surface area contributed by atoms with E-state index >= 15 is 0 Å². The zero-order valence-electron chi connectivity index (χ0n) is 13.8. The molecular weight excluding hydrogens is 320 g/mol. The van der Waals surface area contributed by atoms with E-state index in [0.29, 0.717) is 21.7 Å². The first kappa shape index (κ1) is 16.0. The van der Waals surface area contributed by atoms with Gasteiger partial charge in [0, 0.05) is 19.7 Å². The van der Waals surface area contributed by atoms with Crippen molar-refractivity contribution in [2.75, 3.05) is 6.54 Å². The number of nitrogens with zero attached hydrogens (tertiary/aromatic N) is 1. The number of carbonyl (C=O) groups is 1. The third-order valence-electron chi connectivity index (χ3n) is 6.11. The quantitative estimate of drug-likeness (QED) is 0.848. The van der Waals surface area contributed by atoms with Crippen molar-refractivity contribution in [3.63, 3.8) is 0 Å². The van der Waals surface area contributed by atoms with Gasteiger partial charge >= 0.3 is 0 Å². The monoisotopic (exact) mass is 341 g/mol. The number of hydrogen-bond donors (Lipinski definition) is 1. The lowest BCUT2D eigenvalue weighted by molar-refractivity contribution is -0.0503. The molecule has 4 saturated carbocycles. The minimum Gasteiger partial charge on any atom is -0.351 e. The van der Waals surface area contributed by atoms with E-state index in [4.69, 9.17) is 11.6 Å². The van der Waals surface area contributed by atoms with E-state index in [0.717, 1.165) is 24.3 Å². The summed E-state index contributed by atoms with van der Waals surface area (Å²) in [4.78, 5) is 16.7. The second-order valence-electron chi connectivity index (χ2n) is 7.95. The first-order valence-electron chi connectivity index (χ1n) is 8.79. The van der Waals surface area contributed by atoms with Crippen molar-refractivity contribution < 1.29 is 4.79 Å². The highest BCUT2D eigenvalue weighted by molar-refractivity contribution is 6.33. The van der Waals surface area contributed by atoms with Crippen LogP contribution in [0.3, 0.4) is 0 Å². The van der Waals surface area contributed by atoms with Crippen LogP contribution >= 0.6 is 11.6 Å². The SMILES string of the molecule is [CH2]C#Cc1cc(C(=O)NCC23CC4CC(CC(C4)C2)C3)c(Cl)cn1. The summed E-state index contributed by atoms with van der Waals surface area (Å²) in [5.41, 5.74) is 1.29. The van der Waals surface area contributed by atoms with Crippen LogP contribution in [0.5, 0.6) is 0 Å². The molecule has 3 nitrogen and oxygen atoms in total. The predicted octanol–water partition coefficient (Wildman–Crippen LogP) is 3.87. The summed E-state index contributed by atoms with van der Waals surface area (Å²) in [5, 5.41) is 3.52. The van der Waals surface area contributed by atoms with E-state index in [9.17, 15) is 4.79 Å². The van der Waals surface area contributed by atoms with Crippen LogP contribution in [-0.4, -0.2) is 17.4 Å². The third-order valence-corrected chi connectivity index (χ3v) is 6.41. The maximum Gasteiger partial charge on any atom is 0.252 e. The molecule has 4 fully saturated rings. The van der Waals surface area contributed by atoms with Gasteiger partial charge in [-0.3, -0.25) is 4.79 Å². The molecule has 5 rings (SSSR count). The van der Waals surface area contributed by atoms with E-state index in [-0.39, 0.29) is 5.91 Å². The lowest BCUT2D eigenvalue weighted by Gasteiger charge is -2.56. The van der Waals surface area contributed by atoms with Crippen molar-refractivity contribution in [2.24, 2.45) is 23.2 Å². The van der Waals surface area contributed by atoms with Gasteiger partial charge in [-0.15, -0.1) is 0 Å². The van der Waals surface area contributed by atoms with Crippen molar-refractivity contribution in [3.05, 3.63) is 35.5 Å². The molecule has 1 heterocycles. The van der Waals surface area contributed by atoms with E-state index in [1.165, 1.54) is 44.7 Å². The van der Waals surface area contributed by atoms with Crippen LogP contribution in [0.15, 0.2) is 12.3 Å². The number of aromatic nitrogens is 1. The molecule has 4 aliphatic carbocycles. The van der Waals surface area contributed by atoms with Crippen molar-refractivity contribution in [1.82, 2.24) is 10.3 Å². The Hall–Kier alpha value is -1.53. The average molecular weight is 342 g/mol. The Morgan fingerprint density at radius 1 is 1.29 bits per heavy atom. The molecule has 0 aliphatic heterocycles. The molecular formula is C20H22ClN2O. The zero-order chi connectivity index (χ0) is 16.7. The van der Waals surface area contributed by atoms with Crippen molar-refractivity contribution in [3.8, 4) is 11.8 Å². The molecule has 4 aliphatic rings. The highest BCUT2D eigenvalue weighted by Gasteiger charge is 2.50. The van der Waals surface area contributed by atoms with Gasteiger partial charge < -0.3 is 5.32 Å². The second-order valence-corrected chi connectivity index (χ2v) is 8.36. The Balaban J connectivity index is 1.47. The van der Waals surface area contributed by atoms with Gasteiger partial charge in [0.25, 0.3) is 5.91 Å². The highest BCUT2D eigenvalue weighted by atomic mass is 35.5. The number of hydrogen-bond acceptors (Lipinski definition) is 2. The summed E-state index contributed by atoms with van der Waals surface area (Å²) < 4.78 is 0. The van der Waals surface area contributed by atoms with Crippen LogP contribution in [0.4, 0.5) is 0 Å². The predicted molar refractivity (Wildman–Crippen MR) is 94.4 cm³/mol. The van der Waals surface area contributed by atoms with Gasteiger partial charge in [-0.2, -0.15) is 0 Å². The molecule has 125 valence electrons. The van der Waals surface area contributed by atoms with Crippen molar-refractivity contribution in [1.29, 1.82) is 0 Å². The zero-order valence-corrected chi connectivity index (χ0v) is 14.5. The molecule has 0 spiro atoms. The van der Waals surface area contributed by atoms with E-state index in [1.807, 2.05) is 0 Å². The fourth-order valence-corrected chi connectivity index (χ4v) is 5.83. The molecule has 1 N–H and O–H groups in total. The Kier molecular flexibility index (Phi) is 4.04. The topological polar surface area (TPSA) is 42.0 Å². The van der Waals surface area contributed by atoms with E-state index < -0.39 is 0 Å². The number of halogens is 1. The summed E-state index contributed by atoms with van der Waals surface area (Å²) in [7, 11) is 0. The lowest BCUT2D eigenvalue weighted by atomic mass is 9.49. The first-order valence-corrected chi connectivity index (χ1v) is 9.16. The number of rotatable bonds is 3. The summed E-state index contributed by atoms with van der Waals surface area (Å²) >= 11 is 6.16. The van der Waals surface area contributed by atoms with Gasteiger partial charge in [0.1, 0.15) is 5.69 Å². The molecule has 24 heavy (non-hydrogen) atoms. The Morgan fingerprint density at radius 2 is 1.92 bits per heavy atom. The number of nitrogens with one attached hydrogen (secondary N) is 1. The number of carbonyl (C=O) groups excluding carboxylic acids is 1. The second kappa shape index (κ2) is 6.08. The average Bonchev–Trinajstić information content (AvgIpc) is 2.53. The van der Waals surface area contributed by atoms with Crippen LogP contribution in [0.1, 0.15) is 54.6 Å². The van der Waals surface area contributed by atoms with Crippen LogP contribution in [-0.2, 0) is 0 Å². The van der Waals surface area contributed by atoms with E-state index in [1.54, 1.807) is 6.07 Å². The molecule has 0 atom stereocenters. The van der Waals surface area contributed by atoms with Crippen LogP contribution in [0.2, 0.25) is 5.02 Å². The van der Waals surface area contributed by atoms with Gasteiger partial charge in [-0.05, 0) is 73.7 Å². The number of pyridine rings is 1. The van der Waals surface area contributed by atoms with Gasteiger partial charge in [-0.25, -0.2) is 4.98 Å². The minimum absolute atomic E-state index is 0.120. The molecule has 1 radical (unpaired) electrons. The summed E-state index contributed by atoms with van der Waals surface area (Å²) in [6.07, 6.45) is 9.56. The molecule has 1 aromatic heterocycles. The molecule has 1 aromatic rings. The van der Waals surface area contributed by atoms with Crippen LogP contribution in [0, 0.1) is 41.9 Å². The highest BCUT2D eigenvalue weighted by Crippen LogP contribution is 2.59. The largest absolute Gasteiger partial charge is 0.351 e. The lowest BCUT2D eigenvalue weighted by Crippen LogP contribution is -2.51. The fourth-order valence-electron chi connectivity index (χ4n) is 5.64. The van der Waals surface area contributed by atoms with E-state index in [2.05, 4.69) is 29.1 Å². The maximum atomic E-state index is 12.6. The fraction of sp³-hybridized carbons (Fsp3) is 0.550. The summed E-state index contributed by atoms with van der Waals surface area (Å²) in [5.74, 6) is 7.86. The number of amides is 1. The van der Waals surface area contributed by atoms with Gasteiger partial charge in [0.05, 0.1) is 10.6 Å². The van der Waals surface area contributed by atoms with Gasteiger partial charge in [-0.1, -0.05) is 17.5 Å². The third kappa shape index (κ3) is 2.93. The Morgan fingerprint density at radius 3 is 2.50 bits per heavy atom.